The highest BCUT2D eigenvalue weighted by atomic mass is 32.1. The molecule has 0 saturated carbocycles. The Labute approximate surface area is 176 Å². The van der Waals surface area contributed by atoms with E-state index in [4.69, 9.17) is 4.74 Å². The maximum atomic E-state index is 12.9. The number of nitro groups is 1. The van der Waals surface area contributed by atoms with E-state index in [-0.39, 0.29) is 11.5 Å². The lowest BCUT2D eigenvalue weighted by Gasteiger charge is -2.27. The summed E-state index contributed by atoms with van der Waals surface area (Å²) in [5.41, 5.74) is 1.70. The molecule has 0 atom stereocenters. The van der Waals surface area contributed by atoms with Crippen molar-refractivity contribution in [2.75, 3.05) is 31.2 Å². The molecule has 1 aromatic heterocycles. The molecule has 8 nitrogen and oxygen atoms in total. The molecule has 1 saturated heterocycles. The van der Waals surface area contributed by atoms with Crippen molar-refractivity contribution in [1.82, 2.24) is 0 Å². The van der Waals surface area contributed by atoms with E-state index < -0.39 is 4.92 Å². The average Bonchev–Trinajstić information content (AvgIpc) is 3.23. The maximum Gasteiger partial charge on any atom is 0.269 e. The third kappa shape index (κ3) is 4.42. The number of carbonyl (C=O) groups excluding carboxylic acids is 1. The predicted octanol–water partition coefficient (Wildman–Crippen LogP) is 5.14. The van der Waals surface area contributed by atoms with Gasteiger partial charge >= 0.3 is 0 Å². The average molecular weight is 422 g/mol. The molecule has 0 amide bonds. The number of ether oxygens (including phenoxy) is 1. The number of thiophene rings is 1. The van der Waals surface area contributed by atoms with Gasteiger partial charge < -0.3 is 9.64 Å². The molecule has 0 spiro atoms. The van der Waals surface area contributed by atoms with Crippen LogP contribution in [0, 0.1) is 10.1 Å². The summed E-state index contributed by atoms with van der Waals surface area (Å²) in [4.78, 5) is 26.0. The molecule has 1 aliphatic rings. The Balaban J connectivity index is 1.65. The Kier molecular flexibility index (Phi) is 5.92. The van der Waals surface area contributed by atoms with Crippen LogP contribution >= 0.6 is 11.3 Å². The zero-order chi connectivity index (χ0) is 20.9. The lowest BCUT2D eigenvalue weighted by Crippen LogP contribution is -2.35. The predicted molar refractivity (Wildman–Crippen MR) is 114 cm³/mol. The zero-order valence-corrected chi connectivity index (χ0v) is 16.7. The minimum atomic E-state index is -0.461. The minimum absolute atomic E-state index is 0.00534. The van der Waals surface area contributed by atoms with Crippen LogP contribution in [0.1, 0.15) is 15.2 Å². The second-order valence-corrected chi connectivity index (χ2v) is 7.60. The molecule has 1 fully saturated rings. The van der Waals surface area contributed by atoms with E-state index >= 15 is 0 Å². The summed E-state index contributed by atoms with van der Waals surface area (Å²) in [5.74, 6) is -0.0631. The lowest BCUT2D eigenvalue weighted by atomic mass is 10.1. The first kappa shape index (κ1) is 19.9. The van der Waals surface area contributed by atoms with Gasteiger partial charge in [-0.25, -0.2) is 0 Å². The van der Waals surface area contributed by atoms with E-state index in [1.165, 1.54) is 23.5 Å². The van der Waals surface area contributed by atoms with Gasteiger partial charge in [-0.15, -0.1) is 16.5 Å². The zero-order valence-electron chi connectivity index (χ0n) is 15.9. The van der Waals surface area contributed by atoms with Crippen molar-refractivity contribution in [3.05, 3.63) is 81.2 Å². The molecule has 0 aliphatic carbocycles. The van der Waals surface area contributed by atoms with Crippen molar-refractivity contribution in [2.45, 2.75) is 0 Å². The van der Waals surface area contributed by atoms with Gasteiger partial charge in [0, 0.05) is 30.8 Å². The van der Waals surface area contributed by atoms with Gasteiger partial charge in [-0.05, 0) is 18.2 Å². The van der Waals surface area contributed by atoms with Gasteiger partial charge in [-0.2, -0.15) is 5.11 Å². The number of nitro benzene ring substituents is 1. The van der Waals surface area contributed by atoms with Gasteiger partial charge in [0.15, 0.2) is 0 Å². The molecule has 0 bridgehead atoms. The monoisotopic (exact) mass is 422 g/mol. The Morgan fingerprint density at radius 2 is 1.73 bits per heavy atom. The summed E-state index contributed by atoms with van der Waals surface area (Å²) in [5, 5.41) is 20.2. The van der Waals surface area contributed by atoms with Gasteiger partial charge in [0.1, 0.15) is 10.7 Å². The van der Waals surface area contributed by atoms with Crippen LogP contribution < -0.4 is 4.90 Å². The number of rotatable bonds is 6. The number of azo groups is 1. The summed E-state index contributed by atoms with van der Waals surface area (Å²) in [6.07, 6.45) is 0. The third-order valence-electron chi connectivity index (χ3n) is 4.59. The van der Waals surface area contributed by atoms with Crippen LogP contribution in [-0.4, -0.2) is 37.0 Å². The number of morpholine rings is 1. The summed E-state index contributed by atoms with van der Waals surface area (Å²) in [6.45, 7) is 2.64. The summed E-state index contributed by atoms with van der Waals surface area (Å²) in [7, 11) is 0. The fraction of sp³-hybridized carbons (Fsp3) is 0.190. The smallest absolute Gasteiger partial charge is 0.269 e. The Morgan fingerprint density at radius 3 is 2.40 bits per heavy atom. The van der Waals surface area contributed by atoms with Crippen molar-refractivity contribution in [3.8, 4) is 0 Å². The SMILES string of the molecule is O=C(c1ccccc1)c1cc(N=Nc2ccc([N+](=O)[O-])cc2)c(N2CCOCC2)s1. The van der Waals surface area contributed by atoms with E-state index in [0.29, 0.717) is 48.1 Å². The quantitative estimate of drug-likeness (QED) is 0.237. The third-order valence-corrected chi connectivity index (χ3v) is 5.77. The number of nitrogens with zero attached hydrogens (tertiary/aromatic N) is 4. The van der Waals surface area contributed by atoms with Crippen LogP contribution in [-0.2, 0) is 4.74 Å². The molecule has 9 heteroatoms. The molecular formula is C21H18N4O4S. The number of anilines is 1. The number of carbonyl (C=O) groups is 1. The Hall–Kier alpha value is -3.43. The fourth-order valence-corrected chi connectivity index (χ4v) is 4.14. The summed E-state index contributed by atoms with van der Waals surface area (Å²) >= 11 is 1.39. The van der Waals surface area contributed by atoms with Crippen molar-refractivity contribution < 1.29 is 14.5 Å². The van der Waals surface area contributed by atoms with Crippen LogP contribution in [0.2, 0.25) is 0 Å². The molecule has 1 aliphatic heterocycles. The second-order valence-electron chi connectivity index (χ2n) is 6.57. The van der Waals surface area contributed by atoms with Crippen molar-refractivity contribution in [1.29, 1.82) is 0 Å². The molecule has 0 N–H and O–H groups in total. The van der Waals surface area contributed by atoms with Crippen LogP contribution in [0.15, 0.2) is 70.9 Å². The number of hydrogen-bond acceptors (Lipinski definition) is 8. The molecule has 0 unspecified atom stereocenters. The van der Waals surface area contributed by atoms with Crippen molar-refractivity contribution >= 4 is 39.2 Å². The first-order valence-corrected chi connectivity index (χ1v) is 10.2. The van der Waals surface area contributed by atoms with Crippen LogP contribution in [0.5, 0.6) is 0 Å². The molecule has 2 heterocycles. The summed E-state index contributed by atoms with van der Waals surface area (Å²) < 4.78 is 5.43. The molecule has 4 rings (SSSR count). The normalized spacial score (nSPS) is 14.2. The van der Waals surface area contributed by atoms with Gasteiger partial charge in [0.05, 0.1) is 28.7 Å². The summed E-state index contributed by atoms with van der Waals surface area (Å²) in [6, 6.07) is 16.7. The first-order valence-electron chi connectivity index (χ1n) is 9.34. The first-order chi connectivity index (χ1) is 14.6. The van der Waals surface area contributed by atoms with E-state index in [1.54, 1.807) is 30.3 Å². The molecule has 2 aromatic carbocycles. The molecular weight excluding hydrogens is 404 g/mol. The highest BCUT2D eigenvalue weighted by Crippen LogP contribution is 2.40. The molecule has 30 heavy (non-hydrogen) atoms. The van der Waals surface area contributed by atoms with E-state index in [9.17, 15) is 14.9 Å². The van der Waals surface area contributed by atoms with Gasteiger partial charge in [-0.3, -0.25) is 14.9 Å². The second kappa shape index (κ2) is 8.93. The molecule has 3 aromatic rings. The Morgan fingerprint density at radius 1 is 1.03 bits per heavy atom. The number of non-ortho nitro benzene ring substituents is 1. The van der Waals surface area contributed by atoms with Crippen molar-refractivity contribution in [2.24, 2.45) is 10.2 Å². The molecule has 152 valence electrons. The van der Waals surface area contributed by atoms with E-state index in [1.807, 2.05) is 18.2 Å². The van der Waals surface area contributed by atoms with Gasteiger partial charge in [0.25, 0.3) is 5.69 Å². The van der Waals surface area contributed by atoms with Crippen molar-refractivity contribution in [3.63, 3.8) is 0 Å². The van der Waals surface area contributed by atoms with Crippen LogP contribution in [0.4, 0.5) is 22.1 Å². The molecule has 0 radical (unpaired) electrons. The number of hydrogen-bond donors (Lipinski definition) is 0. The highest BCUT2D eigenvalue weighted by molar-refractivity contribution is 7.18. The highest BCUT2D eigenvalue weighted by Gasteiger charge is 2.22. The van der Waals surface area contributed by atoms with Crippen LogP contribution in [0.3, 0.4) is 0 Å². The fourth-order valence-electron chi connectivity index (χ4n) is 3.03. The van der Waals surface area contributed by atoms with Crippen LogP contribution in [0.25, 0.3) is 0 Å². The lowest BCUT2D eigenvalue weighted by molar-refractivity contribution is -0.384. The van der Waals surface area contributed by atoms with Gasteiger partial charge in [-0.1, -0.05) is 30.3 Å². The van der Waals surface area contributed by atoms with E-state index in [0.717, 1.165) is 5.00 Å². The largest absolute Gasteiger partial charge is 0.378 e. The standard InChI is InChI=1S/C21H18N4O4S/c26-20(15-4-2-1-3-5-15)19-14-18(21(30-19)24-10-12-29-13-11-24)23-22-16-6-8-17(9-7-16)25(27)28/h1-9,14H,10-13H2. The van der Waals surface area contributed by atoms with E-state index in [2.05, 4.69) is 15.1 Å². The number of ketones is 1. The topological polar surface area (TPSA) is 97.4 Å². The number of benzene rings is 2. The Bertz CT molecular complexity index is 1070. The maximum absolute atomic E-state index is 12.9. The minimum Gasteiger partial charge on any atom is -0.378 e. The van der Waals surface area contributed by atoms with Gasteiger partial charge in [0.2, 0.25) is 5.78 Å².